The summed E-state index contributed by atoms with van der Waals surface area (Å²) in [5.74, 6) is 0. The van der Waals surface area contributed by atoms with Crippen molar-refractivity contribution in [2.75, 3.05) is 27.7 Å². The molecule has 1 unspecified atom stereocenters. The van der Waals surface area contributed by atoms with Crippen LogP contribution in [0.15, 0.2) is 0 Å². The maximum absolute atomic E-state index is 9.25. The van der Waals surface area contributed by atoms with E-state index in [-0.39, 0.29) is 0 Å². The Kier molecular flexibility index (Phi) is 3.77. The van der Waals surface area contributed by atoms with E-state index >= 15 is 0 Å². The molecular formula is C6H16N2O. The van der Waals surface area contributed by atoms with E-state index in [0.29, 0.717) is 0 Å². The van der Waals surface area contributed by atoms with E-state index in [2.05, 4.69) is 0 Å². The SMILES string of the molecule is CCN(C)C(O)N(C)C. The van der Waals surface area contributed by atoms with Crippen molar-refractivity contribution < 1.29 is 5.11 Å². The normalized spacial score (nSPS) is 15.0. The zero-order chi connectivity index (χ0) is 7.44. The van der Waals surface area contributed by atoms with Gasteiger partial charge in [-0.25, -0.2) is 0 Å². The molecule has 0 aliphatic carbocycles. The summed E-state index contributed by atoms with van der Waals surface area (Å²) in [6, 6.07) is 0. The fourth-order valence-corrected chi connectivity index (χ4v) is 0.558. The molecule has 3 nitrogen and oxygen atoms in total. The maximum atomic E-state index is 9.25. The molecule has 0 aromatic carbocycles. The fourth-order valence-electron chi connectivity index (χ4n) is 0.558. The van der Waals surface area contributed by atoms with E-state index in [1.165, 1.54) is 0 Å². The third-order valence-corrected chi connectivity index (χ3v) is 1.35. The van der Waals surface area contributed by atoms with E-state index in [0.717, 1.165) is 6.54 Å². The van der Waals surface area contributed by atoms with Gasteiger partial charge in [0, 0.05) is 0 Å². The van der Waals surface area contributed by atoms with Crippen LogP contribution in [-0.4, -0.2) is 48.9 Å². The van der Waals surface area contributed by atoms with Gasteiger partial charge in [-0.1, -0.05) is 6.92 Å². The molecule has 0 saturated heterocycles. The van der Waals surface area contributed by atoms with Crippen molar-refractivity contribution in [3.63, 3.8) is 0 Å². The number of hydrogen-bond donors (Lipinski definition) is 1. The van der Waals surface area contributed by atoms with Gasteiger partial charge in [-0.3, -0.25) is 9.80 Å². The van der Waals surface area contributed by atoms with Crippen LogP contribution in [0.4, 0.5) is 0 Å². The van der Waals surface area contributed by atoms with Crippen molar-refractivity contribution >= 4 is 0 Å². The van der Waals surface area contributed by atoms with Gasteiger partial charge in [-0.05, 0) is 27.7 Å². The Morgan fingerprint density at radius 3 is 1.89 bits per heavy atom. The molecule has 0 heterocycles. The minimum absolute atomic E-state index is 0.449. The first-order valence-electron chi connectivity index (χ1n) is 3.14. The zero-order valence-electron chi connectivity index (χ0n) is 6.63. The first-order valence-corrected chi connectivity index (χ1v) is 3.14. The summed E-state index contributed by atoms with van der Waals surface area (Å²) >= 11 is 0. The van der Waals surface area contributed by atoms with E-state index in [1.54, 1.807) is 4.90 Å². The highest BCUT2D eigenvalue weighted by Gasteiger charge is 2.09. The number of rotatable bonds is 3. The molecule has 0 rings (SSSR count). The number of aliphatic hydroxyl groups is 1. The molecule has 0 amide bonds. The van der Waals surface area contributed by atoms with Gasteiger partial charge in [0.2, 0.25) is 0 Å². The van der Waals surface area contributed by atoms with E-state index in [4.69, 9.17) is 0 Å². The summed E-state index contributed by atoms with van der Waals surface area (Å²) in [7, 11) is 5.57. The standard InChI is InChI=1S/C6H16N2O/c1-5-8(4)6(9)7(2)3/h6,9H,5H2,1-4H3. The van der Waals surface area contributed by atoms with Crippen molar-refractivity contribution in [1.82, 2.24) is 9.80 Å². The summed E-state index contributed by atoms with van der Waals surface area (Å²) in [5, 5.41) is 9.25. The van der Waals surface area contributed by atoms with Gasteiger partial charge in [0.1, 0.15) is 0 Å². The zero-order valence-corrected chi connectivity index (χ0v) is 6.63. The molecule has 1 N–H and O–H groups in total. The summed E-state index contributed by atoms with van der Waals surface area (Å²) in [5.41, 5.74) is 0. The molecule has 0 aliphatic heterocycles. The average molecular weight is 132 g/mol. The molecule has 3 heteroatoms. The van der Waals surface area contributed by atoms with Crippen LogP contribution in [0.5, 0.6) is 0 Å². The fraction of sp³-hybridized carbons (Fsp3) is 1.00. The second-order valence-corrected chi connectivity index (χ2v) is 2.38. The van der Waals surface area contributed by atoms with Crippen LogP contribution in [-0.2, 0) is 0 Å². The minimum atomic E-state index is -0.449. The van der Waals surface area contributed by atoms with Crippen LogP contribution in [0.3, 0.4) is 0 Å². The van der Waals surface area contributed by atoms with Gasteiger partial charge in [0.25, 0.3) is 0 Å². The number of aliphatic hydroxyl groups excluding tert-OH is 1. The lowest BCUT2D eigenvalue weighted by molar-refractivity contribution is -0.0750. The van der Waals surface area contributed by atoms with Gasteiger partial charge in [-0.2, -0.15) is 0 Å². The highest BCUT2D eigenvalue weighted by molar-refractivity contribution is 4.49. The van der Waals surface area contributed by atoms with Crippen molar-refractivity contribution in [2.45, 2.75) is 13.3 Å². The molecule has 0 aromatic heterocycles. The van der Waals surface area contributed by atoms with Crippen molar-refractivity contribution in [1.29, 1.82) is 0 Å². The van der Waals surface area contributed by atoms with Crippen LogP contribution in [0.25, 0.3) is 0 Å². The lowest BCUT2D eigenvalue weighted by Gasteiger charge is -2.26. The lowest BCUT2D eigenvalue weighted by Crippen LogP contribution is -2.42. The van der Waals surface area contributed by atoms with Gasteiger partial charge in [0.05, 0.1) is 0 Å². The first-order chi connectivity index (χ1) is 4.09. The van der Waals surface area contributed by atoms with Gasteiger partial charge >= 0.3 is 0 Å². The number of hydrogen-bond acceptors (Lipinski definition) is 3. The van der Waals surface area contributed by atoms with Gasteiger partial charge in [0.15, 0.2) is 6.35 Å². The molecule has 0 spiro atoms. The summed E-state index contributed by atoms with van der Waals surface area (Å²) < 4.78 is 0. The average Bonchev–Trinajstić information content (AvgIpc) is 1.84. The van der Waals surface area contributed by atoms with E-state index < -0.39 is 6.35 Å². The van der Waals surface area contributed by atoms with E-state index in [9.17, 15) is 5.11 Å². The summed E-state index contributed by atoms with van der Waals surface area (Å²) in [4.78, 5) is 3.60. The second-order valence-electron chi connectivity index (χ2n) is 2.38. The quantitative estimate of drug-likeness (QED) is 0.538. The van der Waals surface area contributed by atoms with Crippen LogP contribution < -0.4 is 0 Å². The molecule has 56 valence electrons. The second kappa shape index (κ2) is 3.82. The highest BCUT2D eigenvalue weighted by Crippen LogP contribution is 1.92. The van der Waals surface area contributed by atoms with Crippen LogP contribution in [0.2, 0.25) is 0 Å². The van der Waals surface area contributed by atoms with Crippen molar-refractivity contribution in [3.8, 4) is 0 Å². The van der Waals surface area contributed by atoms with Crippen LogP contribution in [0, 0.1) is 0 Å². The summed E-state index contributed by atoms with van der Waals surface area (Å²) in [6.07, 6.45) is -0.449. The van der Waals surface area contributed by atoms with Crippen molar-refractivity contribution in [3.05, 3.63) is 0 Å². The molecule has 9 heavy (non-hydrogen) atoms. The Hall–Kier alpha value is -0.120. The maximum Gasteiger partial charge on any atom is 0.164 e. The Balaban J connectivity index is 3.58. The molecule has 0 aliphatic rings. The minimum Gasteiger partial charge on any atom is -0.365 e. The third kappa shape index (κ3) is 2.79. The molecular weight excluding hydrogens is 116 g/mol. The third-order valence-electron chi connectivity index (χ3n) is 1.35. The molecule has 0 radical (unpaired) electrons. The van der Waals surface area contributed by atoms with Gasteiger partial charge in [-0.15, -0.1) is 0 Å². The highest BCUT2D eigenvalue weighted by atomic mass is 16.3. The molecule has 0 aromatic rings. The number of nitrogens with zero attached hydrogens (tertiary/aromatic N) is 2. The summed E-state index contributed by atoms with van der Waals surface area (Å²) in [6.45, 7) is 2.87. The van der Waals surface area contributed by atoms with Crippen molar-refractivity contribution in [2.24, 2.45) is 0 Å². The van der Waals surface area contributed by atoms with Crippen LogP contribution >= 0.6 is 0 Å². The Morgan fingerprint density at radius 2 is 1.78 bits per heavy atom. The van der Waals surface area contributed by atoms with E-state index in [1.807, 2.05) is 33.0 Å². The molecule has 0 saturated carbocycles. The molecule has 1 atom stereocenters. The largest absolute Gasteiger partial charge is 0.365 e. The molecule has 0 fully saturated rings. The van der Waals surface area contributed by atoms with Gasteiger partial charge < -0.3 is 5.11 Å². The molecule has 0 bridgehead atoms. The first kappa shape index (κ1) is 8.88. The van der Waals surface area contributed by atoms with Crippen LogP contribution in [0.1, 0.15) is 6.92 Å². The monoisotopic (exact) mass is 132 g/mol. The smallest absolute Gasteiger partial charge is 0.164 e. The predicted molar refractivity (Wildman–Crippen MR) is 38.0 cm³/mol. The Labute approximate surface area is 56.9 Å². The lowest BCUT2D eigenvalue weighted by atomic mass is 10.6. The Morgan fingerprint density at radius 1 is 1.33 bits per heavy atom. The Bertz CT molecular complexity index is 75.5. The topological polar surface area (TPSA) is 26.7 Å². The predicted octanol–water partition coefficient (Wildman–Crippen LogP) is -0.224.